The van der Waals surface area contributed by atoms with E-state index < -0.39 is 35.3 Å². The molecule has 2 aromatic heterocycles. The topological polar surface area (TPSA) is 110 Å². The van der Waals surface area contributed by atoms with Gasteiger partial charge in [-0.15, -0.1) is 11.3 Å². The molecule has 3 aliphatic rings. The van der Waals surface area contributed by atoms with E-state index in [-0.39, 0.29) is 11.6 Å². The largest absolute Gasteiger partial charge is 0.379 e. The van der Waals surface area contributed by atoms with Gasteiger partial charge in [-0.1, -0.05) is 0 Å². The highest BCUT2D eigenvalue weighted by molar-refractivity contribution is 7.12. The molecule has 0 bridgehead atoms. The van der Waals surface area contributed by atoms with Crippen LogP contribution in [0.3, 0.4) is 0 Å². The second-order valence-electron chi connectivity index (χ2n) is 8.83. The monoisotopic (exact) mass is 447 g/mol. The second kappa shape index (κ2) is 7.81. The number of methoxy groups -OCH3 is 1. The lowest BCUT2D eigenvalue weighted by Crippen LogP contribution is -2.38. The van der Waals surface area contributed by atoms with E-state index in [1.165, 1.54) is 18.1 Å². The molecule has 5 rings (SSSR count). The van der Waals surface area contributed by atoms with Gasteiger partial charge in [-0.25, -0.2) is 9.18 Å². The number of aryl methyl sites for hydroxylation is 1. The Labute approximate surface area is 182 Å². The van der Waals surface area contributed by atoms with Gasteiger partial charge in [-0.3, -0.25) is 14.3 Å². The molecule has 0 aliphatic heterocycles. The summed E-state index contributed by atoms with van der Waals surface area (Å²) in [6.45, 7) is 0. The van der Waals surface area contributed by atoms with E-state index in [1.54, 1.807) is 15.9 Å². The third-order valence-electron chi connectivity index (χ3n) is 6.62. The van der Waals surface area contributed by atoms with Gasteiger partial charge in [-0.2, -0.15) is 0 Å². The number of nitrogens with zero attached hydrogens (tertiary/aromatic N) is 1. The number of H-pyrrole nitrogens is 1. The van der Waals surface area contributed by atoms with Crippen LogP contribution in [-0.4, -0.2) is 28.0 Å². The molecule has 0 amide bonds. The van der Waals surface area contributed by atoms with Gasteiger partial charge in [0.15, 0.2) is 0 Å². The van der Waals surface area contributed by atoms with Gasteiger partial charge < -0.3 is 15.6 Å². The Morgan fingerprint density at radius 3 is 2.84 bits per heavy atom. The van der Waals surface area contributed by atoms with Gasteiger partial charge in [0, 0.05) is 22.9 Å². The third-order valence-corrected chi connectivity index (χ3v) is 7.94. The Morgan fingerprint density at radius 2 is 2.16 bits per heavy atom. The Bertz CT molecular complexity index is 1160. The summed E-state index contributed by atoms with van der Waals surface area (Å²) in [5.74, 6) is -0.824. The number of hydrogen-bond acceptors (Lipinski definition) is 6. The van der Waals surface area contributed by atoms with Gasteiger partial charge in [0.2, 0.25) is 0 Å². The number of nitrogens with one attached hydrogen (secondary N) is 1. The summed E-state index contributed by atoms with van der Waals surface area (Å²) >= 11 is 1.57. The van der Waals surface area contributed by atoms with Crippen LogP contribution in [0.25, 0.3) is 6.08 Å². The lowest BCUT2D eigenvalue weighted by Gasteiger charge is -2.31. The molecule has 7 nitrogen and oxygen atoms in total. The zero-order valence-corrected chi connectivity index (χ0v) is 18.1. The smallest absolute Gasteiger partial charge is 0.328 e. The van der Waals surface area contributed by atoms with Gasteiger partial charge >= 0.3 is 5.69 Å². The van der Waals surface area contributed by atoms with Crippen LogP contribution >= 0.6 is 11.3 Å². The number of thiophene rings is 1. The fourth-order valence-corrected chi connectivity index (χ4v) is 6.43. The number of hydrogen-bond donors (Lipinski definition) is 3. The molecule has 1 saturated carbocycles. The van der Waals surface area contributed by atoms with Crippen molar-refractivity contribution in [3.63, 3.8) is 0 Å². The molecule has 3 aliphatic carbocycles. The van der Waals surface area contributed by atoms with Crippen molar-refractivity contribution in [2.45, 2.75) is 62.8 Å². The standard InChI is InChI=1S/C22H26FN3O4S/c1-30-20-18(16-8-11-6-10(7-17(24)27)2-5-15(11)31-16)14(23)9-13-19(20)26(12-3-4-12)22(29)25-21(13)28/h8-10,12,17-18,20,27H,2-7,24H2,1H3,(H,25,28,29). The second-order valence-corrected chi connectivity index (χ2v) is 10.00. The summed E-state index contributed by atoms with van der Waals surface area (Å²) < 4.78 is 22.7. The number of aliphatic hydroxyl groups excluding tert-OH is 1. The van der Waals surface area contributed by atoms with Crippen molar-refractivity contribution >= 4 is 17.4 Å². The van der Waals surface area contributed by atoms with Crippen LogP contribution in [-0.2, 0) is 17.6 Å². The van der Waals surface area contributed by atoms with Crippen molar-refractivity contribution in [1.29, 1.82) is 0 Å². The van der Waals surface area contributed by atoms with Crippen LogP contribution < -0.4 is 17.0 Å². The minimum atomic E-state index is -0.824. The van der Waals surface area contributed by atoms with Crippen molar-refractivity contribution in [3.8, 4) is 0 Å². The summed E-state index contributed by atoms with van der Waals surface area (Å²) in [4.78, 5) is 29.4. The molecule has 166 valence electrons. The van der Waals surface area contributed by atoms with Gasteiger partial charge in [0.1, 0.15) is 18.2 Å². The first kappa shape index (κ1) is 20.8. The zero-order chi connectivity index (χ0) is 21.9. The van der Waals surface area contributed by atoms with E-state index in [4.69, 9.17) is 10.5 Å². The summed E-state index contributed by atoms with van der Waals surface area (Å²) in [5, 5.41) is 9.53. The van der Waals surface area contributed by atoms with Crippen molar-refractivity contribution in [3.05, 3.63) is 59.3 Å². The molecule has 31 heavy (non-hydrogen) atoms. The molecular weight excluding hydrogens is 421 g/mol. The molecular formula is C22H26FN3O4S. The highest BCUT2D eigenvalue weighted by Crippen LogP contribution is 2.49. The van der Waals surface area contributed by atoms with E-state index in [9.17, 15) is 14.7 Å². The molecule has 2 heterocycles. The predicted molar refractivity (Wildman–Crippen MR) is 116 cm³/mol. The van der Waals surface area contributed by atoms with Crippen molar-refractivity contribution in [1.82, 2.24) is 9.55 Å². The molecule has 4 N–H and O–H groups in total. The van der Waals surface area contributed by atoms with Crippen LogP contribution in [0.4, 0.5) is 4.39 Å². The number of aliphatic hydroxyl groups is 1. The van der Waals surface area contributed by atoms with Gasteiger partial charge in [0.05, 0.1) is 17.2 Å². The molecule has 9 heteroatoms. The average molecular weight is 448 g/mol. The molecule has 0 aromatic carbocycles. The lowest BCUT2D eigenvalue weighted by atomic mass is 9.84. The van der Waals surface area contributed by atoms with Crippen LogP contribution in [0.1, 0.15) is 70.3 Å². The van der Waals surface area contributed by atoms with E-state index in [0.717, 1.165) is 42.5 Å². The highest BCUT2D eigenvalue weighted by atomic mass is 32.1. The number of fused-ring (bicyclic) bond motifs is 2. The summed E-state index contributed by atoms with van der Waals surface area (Å²) in [6.07, 6.45) is 4.56. The fraction of sp³-hybridized carbons (Fsp3) is 0.545. The molecule has 0 saturated heterocycles. The zero-order valence-electron chi connectivity index (χ0n) is 17.3. The maximum atomic E-state index is 15.4. The summed E-state index contributed by atoms with van der Waals surface area (Å²) in [5.41, 5.74) is 6.33. The Hall–Kier alpha value is -2.07. The molecule has 0 radical (unpaired) electrons. The Kier molecular flexibility index (Phi) is 5.24. The predicted octanol–water partition coefficient (Wildman–Crippen LogP) is 2.50. The number of aromatic nitrogens is 2. The van der Waals surface area contributed by atoms with Crippen LogP contribution in [0, 0.1) is 5.92 Å². The van der Waals surface area contributed by atoms with Gasteiger partial charge in [-0.05, 0) is 62.1 Å². The summed E-state index contributed by atoms with van der Waals surface area (Å²) in [7, 11) is 1.50. The number of nitrogens with two attached hydrogens (primary N) is 1. The number of aromatic amines is 1. The Morgan fingerprint density at radius 1 is 1.39 bits per heavy atom. The van der Waals surface area contributed by atoms with Crippen LogP contribution in [0.15, 0.2) is 21.5 Å². The SMILES string of the molecule is COC1c2c(c(=O)[nH]c(=O)n2C2CC2)C=C(F)C1c1cc2c(s1)CCC(CC(N)O)C2. The lowest BCUT2D eigenvalue weighted by molar-refractivity contribution is 0.0733. The maximum absolute atomic E-state index is 15.4. The third kappa shape index (κ3) is 3.63. The first-order chi connectivity index (χ1) is 14.9. The number of halogens is 1. The minimum absolute atomic E-state index is 0.0194. The average Bonchev–Trinajstić information content (AvgIpc) is 3.45. The first-order valence-corrected chi connectivity index (χ1v) is 11.5. The molecule has 4 atom stereocenters. The quantitative estimate of drug-likeness (QED) is 0.610. The van der Waals surface area contributed by atoms with Crippen LogP contribution in [0.2, 0.25) is 0 Å². The summed E-state index contributed by atoms with van der Waals surface area (Å²) in [6, 6.07) is 2.04. The van der Waals surface area contributed by atoms with Crippen molar-refractivity contribution in [2.24, 2.45) is 11.7 Å². The molecule has 1 fully saturated rings. The van der Waals surface area contributed by atoms with Gasteiger partial charge in [0.25, 0.3) is 5.56 Å². The Balaban J connectivity index is 1.57. The fourth-order valence-electron chi connectivity index (χ4n) is 5.09. The molecule has 4 unspecified atom stereocenters. The van der Waals surface area contributed by atoms with Crippen LogP contribution in [0.5, 0.6) is 0 Å². The highest BCUT2D eigenvalue weighted by Gasteiger charge is 2.41. The van der Waals surface area contributed by atoms with E-state index in [2.05, 4.69) is 4.98 Å². The first-order valence-electron chi connectivity index (χ1n) is 10.7. The normalized spacial score (nSPS) is 26.2. The molecule has 2 aromatic rings. The van der Waals surface area contributed by atoms with E-state index >= 15 is 4.39 Å². The number of ether oxygens (including phenoxy) is 1. The van der Waals surface area contributed by atoms with E-state index in [0.29, 0.717) is 18.0 Å². The van der Waals surface area contributed by atoms with E-state index in [1.807, 2.05) is 6.07 Å². The van der Waals surface area contributed by atoms with Crippen molar-refractivity contribution in [2.75, 3.05) is 7.11 Å². The van der Waals surface area contributed by atoms with Crippen molar-refractivity contribution < 1.29 is 14.2 Å². The maximum Gasteiger partial charge on any atom is 0.328 e. The number of rotatable bonds is 5. The molecule has 0 spiro atoms. The minimum Gasteiger partial charge on any atom is -0.379 e.